The lowest BCUT2D eigenvalue weighted by atomic mass is 10.2. The van der Waals surface area contributed by atoms with E-state index in [-0.39, 0.29) is 0 Å². The molecule has 1 heterocycles. The lowest BCUT2D eigenvalue weighted by molar-refractivity contribution is 1.05. The van der Waals surface area contributed by atoms with Gasteiger partial charge in [0.25, 0.3) is 0 Å². The smallest absolute Gasteiger partial charge is 0.115 e. The highest BCUT2D eigenvalue weighted by Gasteiger charge is 2.02. The van der Waals surface area contributed by atoms with Crippen LogP contribution in [-0.4, -0.2) is 9.97 Å². The number of halogens is 1. The highest BCUT2D eigenvalue weighted by Crippen LogP contribution is 2.26. The van der Waals surface area contributed by atoms with Crippen LogP contribution in [-0.2, 0) is 5.75 Å². The summed E-state index contributed by atoms with van der Waals surface area (Å²) in [5.41, 5.74) is 7.43. The van der Waals surface area contributed by atoms with E-state index >= 15 is 0 Å². The van der Waals surface area contributed by atoms with Gasteiger partial charge in [0.05, 0.1) is 6.20 Å². The van der Waals surface area contributed by atoms with Crippen LogP contribution in [0.1, 0.15) is 5.56 Å². The van der Waals surface area contributed by atoms with Crippen molar-refractivity contribution in [3.05, 3.63) is 47.4 Å². The third-order valence-electron chi connectivity index (χ3n) is 1.98. The predicted molar refractivity (Wildman–Crippen MR) is 67.5 cm³/mol. The van der Waals surface area contributed by atoms with Crippen LogP contribution in [0.4, 0.5) is 5.69 Å². The van der Waals surface area contributed by atoms with E-state index in [4.69, 9.17) is 17.3 Å². The van der Waals surface area contributed by atoms with Crippen LogP contribution in [0.3, 0.4) is 0 Å². The Kier molecular flexibility index (Phi) is 3.64. The van der Waals surface area contributed by atoms with E-state index in [1.54, 1.807) is 36.4 Å². The van der Waals surface area contributed by atoms with Crippen LogP contribution in [0.5, 0.6) is 0 Å². The summed E-state index contributed by atoms with van der Waals surface area (Å²) >= 11 is 7.64. The lowest BCUT2D eigenvalue weighted by Gasteiger charge is -2.04. The van der Waals surface area contributed by atoms with E-state index in [9.17, 15) is 0 Å². The third kappa shape index (κ3) is 2.87. The normalized spacial score (nSPS) is 10.3. The number of nitrogen functional groups attached to an aromatic ring is 1. The number of rotatable bonds is 3. The SMILES string of the molecule is Nc1ccc(Cl)c(CSc2cnccn2)c1. The molecule has 16 heavy (non-hydrogen) atoms. The number of nitrogens with two attached hydrogens (primary N) is 1. The lowest BCUT2D eigenvalue weighted by Crippen LogP contribution is -1.89. The number of benzene rings is 1. The zero-order valence-electron chi connectivity index (χ0n) is 8.43. The molecular formula is C11H10ClN3S. The van der Waals surface area contributed by atoms with Gasteiger partial charge in [0.15, 0.2) is 0 Å². The summed E-state index contributed by atoms with van der Waals surface area (Å²) < 4.78 is 0. The van der Waals surface area contributed by atoms with Crippen molar-refractivity contribution in [3.63, 3.8) is 0 Å². The van der Waals surface area contributed by atoms with Crippen molar-refractivity contribution in [1.29, 1.82) is 0 Å². The summed E-state index contributed by atoms with van der Waals surface area (Å²) in [5, 5.41) is 1.60. The fourth-order valence-corrected chi connectivity index (χ4v) is 2.29. The van der Waals surface area contributed by atoms with Crippen molar-refractivity contribution >= 4 is 29.1 Å². The Bertz CT molecular complexity index is 476. The third-order valence-corrected chi connectivity index (χ3v) is 3.32. The van der Waals surface area contributed by atoms with Crippen LogP contribution < -0.4 is 5.73 Å². The number of hydrogen-bond donors (Lipinski definition) is 1. The standard InChI is InChI=1S/C11H10ClN3S/c12-10-2-1-9(13)5-8(10)7-16-11-6-14-3-4-15-11/h1-6H,7,13H2. The van der Waals surface area contributed by atoms with Crippen molar-refractivity contribution in [2.24, 2.45) is 0 Å². The minimum Gasteiger partial charge on any atom is -0.399 e. The topological polar surface area (TPSA) is 51.8 Å². The molecule has 0 atom stereocenters. The van der Waals surface area contributed by atoms with E-state index in [1.807, 2.05) is 12.1 Å². The molecule has 0 radical (unpaired) electrons. The van der Waals surface area contributed by atoms with Crippen molar-refractivity contribution < 1.29 is 0 Å². The Hall–Kier alpha value is -1.26. The van der Waals surface area contributed by atoms with Crippen LogP contribution in [0, 0.1) is 0 Å². The molecule has 0 unspecified atom stereocenters. The zero-order valence-corrected chi connectivity index (χ0v) is 10.0. The molecule has 82 valence electrons. The first kappa shape index (κ1) is 11.2. The number of anilines is 1. The summed E-state index contributed by atoms with van der Waals surface area (Å²) in [4.78, 5) is 8.17. The summed E-state index contributed by atoms with van der Waals surface area (Å²) in [6.45, 7) is 0. The first-order chi connectivity index (χ1) is 7.75. The van der Waals surface area contributed by atoms with Gasteiger partial charge in [-0.05, 0) is 23.8 Å². The quantitative estimate of drug-likeness (QED) is 0.673. The molecule has 2 aromatic rings. The summed E-state index contributed by atoms with van der Waals surface area (Å²) in [7, 11) is 0. The minimum absolute atomic E-state index is 0.721. The maximum absolute atomic E-state index is 6.06. The minimum atomic E-state index is 0.721. The molecule has 0 fully saturated rings. The molecule has 0 bridgehead atoms. The molecular weight excluding hydrogens is 242 g/mol. The van der Waals surface area contributed by atoms with E-state index in [1.165, 1.54) is 0 Å². The van der Waals surface area contributed by atoms with Gasteiger partial charge in [-0.15, -0.1) is 11.8 Å². The number of nitrogens with zero attached hydrogens (tertiary/aromatic N) is 2. The van der Waals surface area contributed by atoms with Crippen LogP contribution in [0.25, 0.3) is 0 Å². The maximum Gasteiger partial charge on any atom is 0.115 e. The highest BCUT2D eigenvalue weighted by molar-refractivity contribution is 7.98. The summed E-state index contributed by atoms with van der Waals surface area (Å²) in [5.74, 6) is 0.739. The van der Waals surface area contributed by atoms with Gasteiger partial charge in [-0.1, -0.05) is 11.6 Å². The molecule has 0 saturated heterocycles. The molecule has 0 aliphatic heterocycles. The molecule has 2 N–H and O–H groups in total. The van der Waals surface area contributed by atoms with Gasteiger partial charge >= 0.3 is 0 Å². The zero-order chi connectivity index (χ0) is 11.4. The summed E-state index contributed by atoms with van der Waals surface area (Å²) in [6.07, 6.45) is 5.05. The Morgan fingerprint density at radius 1 is 1.31 bits per heavy atom. The van der Waals surface area contributed by atoms with Crippen LogP contribution in [0.2, 0.25) is 5.02 Å². The maximum atomic E-state index is 6.06. The van der Waals surface area contributed by atoms with Gasteiger partial charge < -0.3 is 5.73 Å². The Labute approximate surface area is 103 Å². The average Bonchev–Trinajstić information content (AvgIpc) is 2.32. The largest absolute Gasteiger partial charge is 0.399 e. The van der Waals surface area contributed by atoms with Crippen molar-refractivity contribution in [1.82, 2.24) is 9.97 Å². The second-order valence-corrected chi connectivity index (χ2v) is 4.59. The molecule has 0 spiro atoms. The summed E-state index contributed by atoms with van der Waals surface area (Å²) in [6, 6.07) is 5.48. The first-order valence-corrected chi connectivity index (χ1v) is 6.05. The molecule has 0 aliphatic rings. The molecule has 5 heteroatoms. The molecule has 0 aliphatic carbocycles. The highest BCUT2D eigenvalue weighted by atomic mass is 35.5. The van der Waals surface area contributed by atoms with Crippen LogP contribution in [0.15, 0.2) is 41.8 Å². The number of hydrogen-bond acceptors (Lipinski definition) is 4. The first-order valence-electron chi connectivity index (χ1n) is 4.68. The molecule has 0 amide bonds. The van der Waals surface area contributed by atoms with E-state index in [0.29, 0.717) is 0 Å². The second-order valence-electron chi connectivity index (χ2n) is 3.18. The van der Waals surface area contributed by atoms with Gasteiger partial charge in [0.2, 0.25) is 0 Å². The van der Waals surface area contributed by atoms with Gasteiger partial charge in [0, 0.05) is 28.9 Å². The Balaban J connectivity index is 2.08. The van der Waals surface area contributed by atoms with Gasteiger partial charge in [0.1, 0.15) is 5.03 Å². The van der Waals surface area contributed by atoms with E-state index in [0.717, 1.165) is 27.1 Å². The van der Waals surface area contributed by atoms with Gasteiger partial charge in [-0.2, -0.15) is 0 Å². The molecule has 0 saturated carbocycles. The number of aromatic nitrogens is 2. The monoisotopic (exact) mass is 251 g/mol. The average molecular weight is 252 g/mol. The van der Waals surface area contributed by atoms with E-state index < -0.39 is 0 Å². The van der Waals surface area contributed by atoms with Crippen LogP contribution >= 0.6 is 23.4 Å². The molecule has 2 rings (SSSR count). The van der Waals surface area contributed by atoms with Crippen molar-refractivity contribution in [3.8, 4) is 0 Å². The Morgan fingerprint density at radius 3 is 2.94 bits per heavy atom. The molecule has 3 nitrogen and oxygen atoms in total. The fraction of sp³-hybridized carbons (Fsp3) is 0.0909. The molecule has 1 aromatic heterocycles. The molecule has 1 aromatic carbocycles. The van der Waals surface area contributed by atoms with Gasteiger partial charge in [-0.25, -0.2) is 4.98 Å². The fourth-order valence-electron chi connectivity index (χ4n) is 1.22. The predicted octanol–water partition coefficient (Wildman–Crippen LogP) is 3.00. The Morgan fingerprint density at radius 2 is 2.19 bits per heavy atom. The van der Waals surface area contributed by atoms with E-state index in [2.05, 4.69) is 9.97 Å². The van der Waals surface area contributed by atoms with Gasteiger partial charge in [-0.3, -0.25) is 4.98 Å². The number of thioether (sulfide) groups is 1. The van der Waals surface area contributed by atoms with Crippen molar-refractivity contribution in [2.75, 3.05) is 5.73 Å². The van der Waals surface area contributed by atoms with Crippen molar-refractivity contribution in [2.45, 2.75) is 10.8 Å². The second kappa shape index (κ2) is 5.18.